The summed E-state index contributed by atoms with van der Waals surface area (Å²) in [6.07, 6.45) is 1.72. The first-order valence-electron chi connectivity index (χ1n) is 7.70. The van der Waals surface area contributed by atoms with Gasteiger partial charge in [-0.3, -0.25) is 4.99 Å². The number of aliphatic imine (C=N–C) groups is 1. The first-order chi connectivity index (χ1) is 11.7. The van der Waals surface area contributed by atoms with Crippen molar-refractivity contribution >= 4 is 5.96 Å². The van der Waals surface area contributed by atoms with Crippen molar-refractivity contribution in [3.63, 3.8) is 0 Å². The van der Waals surface area contributed by atoms with E-state index >= 15 is 0 Å². The molecule has 1 aromatic carbocycles. The molecular weight excluding hydrogens is 304 g/mol. The van der Waals surface area contributed by atoms with Crippen LogP contribution >= 0.6 is 0 Å². The fourth-order valence-electron chi connectivity index (χ4n) is 2.38. The zero-order chi connectivity index (χ0) is 17.4. The first kappa shape index (κ1) is 17.6. The van der Waals surface area contributed by atoms with Crippen LogP contribution in [-0.4, -0.2) is 44.2 Å². The van der Waals surface area contributed by atoms with Crippen molar-refractivity contribution in [1.29, 1.82) is 0 Å². The third-order valence-electron chi connectivity index (χ3n) is 3.63. The van der Waals surface area contributed by atoms with E-state index in [0.29, 0.717) is 12.4 Å². The molecular formula is C18H24N4O2. The minimum atomic E-state index is 0.594. The van der Waals surface area contributed by atoms with E-state index in [1.54, 1.807) is 27.5 Å². The molecule has 1 N–H and O–H groups in total. The first-order valence-corrected chi connectivity index (χ1v) is 7.70. The Bertz CT molecular complexity index is 671. The summed E-state index contributed by atoms with van der Waals surface area (Å²) in [5.41, 5.74) is 2.17. The molecule has 0 spiro atoms. The Morgan fingerprint density at radius 2 is 1.92 bits per heavy atom. The van der Waals surface area contributed by atoms with Crippen LogP contribution in [0, 0.1) is 0 Å². The van der Waals surface area contributed by atoms with Gasteiger partial charge in [-0.05, 0) is 23.8 Å². The summed E-state index contributed by atoms with van der Waals surface area (Å²) in [5, 5.41) is 3.33. The summed E-state index contributed by atoms with van der Waals surface area (Å²) in [4.78, 5) is 10.6. The predicted molar refractivity (Wildman–Crippen MR) is 95.4 cm³/mol. The number of nitrogens with zero attached hydrogens (tertiary/aromatic N) is 3. The number of nitrogens with one attached hydrogen (secondary N) is 1. The van der Waals surface area contributed by atoms with Crippen molar-refractivity contribution in [2.24, 2.45) is 4.99 Å². The molecule has 1 heterocycles. The minimum Gasteiger partial charge on any atom is -0.497 e. The van der Waals surface area contributed by atoms with Crippen LogP contribution in [0.5, 0.6) is 11.6 Å². The average Bonchev–Trinajstić information content (AvgIpc) is 2.63. The standard InChI is InChI=1S/C18H24N4O2/c1-19-18(21-12-15-6-5-11-20-17(15)24-4)22(2)13-14-7-9-16(23-3)10-8-14/h5-11H,12-13H2,1-4H3,(H,19,21). The van der Waals surface area contributed by atoms with Crippen molar-refractivity contribution in [3.8, 4) is 11.6 Å². The van der Waals surface area contributed by atoms with Gasteiger partial charge in [0, 0.05) is 38.9 Å². The third kappa shape index (κ3) is 4.62. The fourth-order valence-corrected chi connectivity index (χ4v) is 2.38. The van der Waals surface area contributed by atoms with Gasteiger partial charge in [0.25, 0.3) is 0 Å². The van der Waals surface area contributed by atoms with Gasteiger partial charge in [0.2, 0.25) is 5.88 Å². The second-order valence-corrected chi connectivity index (χ2v) is 5.28. The Balaban J connectivity index is 1.97. The average molecular weight is 328 g/mol. The summed E-state index contributed by atoms with van der Waals surface area (Å²) in [5.74, 6) is 2.28. The molecule has 0 radical (unpaired) electrons. The molecule has 0 fully saturated rings. The Morgan fingerprint density at radius 3 is 2.54 bits per heavy atom. The molecule has 2 rings (SSSR count). The number of methoxy groups -OCH3 is 2. The van der Waals surface area contributed by atoms with E-state index in [1.807, 2.05) is 43.4 Å². The van der Waals surface area contributed by atoms with E-state index in [2.05, 4.69) is 20.2 Å². The van der Waals surface area contributed by atoms with Crippen molar-refractivity contribution < 1.29 is 9.47 Å². The van der Waals surface area contributed by atoms with Crippen LogP contribution in [-0.2, 0) is 13.1 Å². The largest absolute Gasteiger partial charge is 0.497 e. The van der Waals surface area contributed by atoms with Crippen LogP contribution in [0.2, 0.25) is 0 Å². The maximum absolute atomic E-state index is 5.27. The monoisotopic (exact) mass is 328 g/mol. The molecule has 6 heteroatoms. The maximum atomic E-state index is 5.27. The number of pyridine rings is 1. The lowest BCUT2D eigenvalue weighted by Gasteiger charge is -2.22. The topological polar surface area (TPSA) is 59.0 Å². The zero-order valence-electron chi connectivity index (χ0n) is 14.6. The molecule has 6 nitrogen and oxygen atoms in total. The summed E-state index contributed by atoms with van der Waals surface area (Å²) < 4.78 is 10.5. The maximum Gasteiger partial charge on any atom is 0.218 e. The van der Waals surface area contributed by atoms with E-state index in [9.17, 15) is 0 Å². The third-order valence-corrected chi connectivity index (χ3v) is 3.63. The highest BCUT2D eigenvalue weighted by Gasteiger charge is 2.09. The van der Waals surface area contributed by atoms with Crippen molar-refractivity contribution in [1.82, 2.24) is 15.2 Å². The summed E-state index contributed by atoms with van der Waals surface area (Å²) in [7, 11) is 7.06. The van der Waals surface area contributed by atoms with E-state index < -0.39 is 0 Å². The number of aromatic nitrogens is 1. The molecule has 0 amide bonds. The summed E-state index contributed by atoms with van der Waals surface area (Å²) >= 11 is 0. The highest BCUT2D eigenvalue weighted by Crippen LogP contribution is 2.14. The lowest BCUT2D eigenvalue weighted by molar-refractivity contribution is 0.391. The Labute approximate surface area is 143 Å². The molecule has 2 aromatic rings. The molecule has 24 heavy (non-hydrogen) atoms. The molecule has 0 aliphatic rings. The second kappa shape index (κ2) is 8.76. The van der Waals surface area contributed by atoms with Gasteiger partial charge in [-0.15, -0.1) is 0 Å². The van der Waals surface area contributed by atoms with Crippen LogP contribution < -0.4 is 14.8 Å². The number of guanidine groups is 1. The molecule has 128 valence electrons. The molecule has 0 bridgehead atoms. The van der Waals surface area contributed by atoms with Gasteiger partial charge in [0.05, 0.1) is 14.2 Å². The summed E-state index contributed by atoms with van der Waals surface area (Å²) in [6.45, 7) is 1.34. The molecule has 0 atom stereocenters. The van der Waals surface area contributed by atoms with E-state index in [1.165, 1.54) is 5.56 Å². The van der Waals surface area contributed by atoms with E-state index in [4.69, 9.17) is 9.47 Å². The molecule has 0 unspecified atom stereocenters. The van der Waals surface area contributed by atoms with Gasteiger partial charge in [-0.2, -0.15) is 0 Å². The fraction of sp³-hybridized carbons (Fsp3) is 0.333. The van der Waals surface area contributed by atoms with Gasteiger partial charge in [-0.25, -0.2) is 4.98 Å². The lowest BCUT2D eigenvalue weighted by Crippen LogP contribution is -2.38. The van der Waals surface area contributed by atoms with Gasteiger partial charge in [0.1, 0.15) is 5.75 Å². The SMILES string of the molecule is CN=C(NCc1cccnc1OC)N(C)Cc1ccc(OC)cc1. The normalized spacial score (nSPS) is 11.1. The quantitative estimate of drug-likeness (QED) is 0.651. The minimum absolute atomic E-state index is 0.594. The number of hydrogen-bond donors (Lipinski definition) is 1. The molecule has 0 aliphatic carbocycles. The number of rotatable bonds is 6. The van der Waals surface area contributed by atoms with Crippen LogP contribution in [0.4, 0.5) is 0 Å². The molecule has 0 saturated carbocycles. The number of ether oxygens (including phenoxy) is 2. The van der Waals surface area contributed by atoms with E-state index in [0.717, 1.165) is 23.8 Å². The molecule has 0 aliphatic heterocycles. The zero-order valence-corrected chi connectivity index (χ0v) is 14.6. The number of benzene rings is 1. The van der Waals surface area contributed by atoms with Crippen LogP contribution in [0.15, 0.2) is 47.6 Å². The van der Waals surface area contributed by atoms with Gasteiger partial charge >= 0.3 is 0 Å². The summed E-state index contributed by atoms with van der Waals surface area (Å²) in [6, 6.07) is 11.9. The molecule has 0 saturated heterocycles. The van der Waals surface area contributed by atoms with Crippen LogP contribution in [0.25, 0.3) is 0 Å². The molecule has 1 aromatic heterocycles. The lowest BCUT2D eigenvalue weighted by atomic mass is 10.2. The van der Waals surface area contributed by atoms with Crippen LogP contribution in [0.3, 0.4) is 0 Å². The highest BCUT2D eigenvalue weighted by molar-refractivity contribution is 5.79. The van der Waals surface area contributed by atoms with Crippen LogP contribution in [0.1, 0.15) is 11.1 Å². The van der Waals surface area contributed by atoms with Crippen molar-refractivity contribution in [2.45, 2.75) is 13.1 Å². The Morgan fingerprint density at radius 1 is 1.17 bits per heavy atom. The van der Waals surface area contributed by atoms with Gasteiger partial charge in [0.15, 0.2) is 5.96 Å². The Kier molecular flexibility index (Phi) is 6.42. The predicted octanol–water partition coefficient (Wildman–Crippen LogP) is 2.31. The Hall–Kier alpha value is -2.76. The smallest absolute Gasteiger partial charge is 0.218 e. The van der Waals surface area contributed by atoms with Gasteiger partial charge in [-0.1, -0.05) is 18.2 Å². The number of hydrogen-bond acceptors (Lipinski definition) is 4. The van der Waals surface area contributed by atoms with Gasteiger partial charge < -0.3 is 19.7 Å². The second-order valence-electron chi connectivity index (χ2n) is 5.28. The highest BCUT2D eigenvalue weighted by atomic mass is 16.5. The van der Waals surface area contributed by atoms with E-state index in [-0.39, 0.29) is 0 Å². The van der Waals surface area contributed by atoms with Crippen molar-refractivity contribution in [2.75, 3.05) is 28.3 Å². The van der Waals surface area contributed by atoms with Crippen molar-refractivity contribution in [3.05, 3.63) is 53.7 Å².